The standard InChI is InChI=1S/C13H20O4/c1-10(2)13(16-8-9-17-13)12(6-7-12)5-4-11(14)15-3/h4-5,10H,6-9H2,1-3H3. The molecule has 4 nitrogen and oxygen atoms in total. The lowest BCUT2D eigenvalue weighted by atomic mass is 9.85. The first kappa shape index (κ1) is 12.6. The third-order valence-corrected chi connectivity index (χ3v) is 3.70. The summed E-state index contributed by atoms with van der Waals surface area (Å²) in [4.78, 5) is 11.2. The number of hydrogen-bond acceptors (Lipinski definition) is 4. The van der Waals surface area contributed by atoms with Crippen LogP contribution in [0.2, 0.25) is 0 Å². The number of ether oxygens (including phenoxy) is 3. The molecule has 1 aliphatic heterocycles. The van der Waals surface area contributed by atoms with Crippen molar-refractivity contribution in [1.82, 2.24) is 0 Å². The predicted octanol–water partition coefficient (Wildman–Crippen LogP) is 1.89. The summed E-state index contributed by atoms with van der Waals surface area (Å²) < 4.78 is 16.4. The zero-order chi connectivity index (χ0) is 12.5. The van der Waals surface area contributed by atoms with E-state index in [9.17, 15) is 4.79 Å². The largest absolute Gasteiger partial charge is 0.466 e. The third-order valence-electron chi connectivity index (χ3n) is 3.70. The molecule has 0 aromatic carbocycles. The van der Waals surface area contributed by atoms with E-state index in [1.807, 2.05) is 6.08 Å². The summed E-state index contributed by atoms with van der Waals surface area (Å²) >= 11 is 0. The molecule has 1 saturated carbocycles. The first-order chi connectivity index (χ1) is 8.06. The van der Waals surface area contributed by atoms with E-state index in [0.29, 0.717) is 13.2 Å². The van der Waals surface area contributed by atoms with Crippen molar-refractivity contribution < 1.29 is 19.0 Å². The Morgan fingerprint density at radius 2 is 1.88 bits per heavy atom. The average Bonchev–Trinajstić information content (AvgIpc) is 2.93. The minimum absolute atomic E-state index is 0.147. The Bertz CT molecular complexity index is 322. The van der Waals surface area contributed by atoms with Crippen LogP contribution in [-0.4, -0.2) is 32.1 Å². The third kappa shape index (κ3) is 2.00. The highest BCUT2D eigenvalue weighted by molar-refractivity contribution is 5.82. The quantitative estimate of drug-likeness (QED) is 0.556. The lowest BCUT2D eigenvalue weighted by molar-refractivity contribution is -0.223. The minimum Gasteiger partial charge on any atom is -0.466 e. The maximum atomic E-state index is 11.2. The molecule has 0 aromatic rings. The highest BCUT2D eigenvalue weighted by Gasteiger charge is 2.63. The Hall–Kier alpha value is -0.870. The molecule has 0 spiro atoms. The van der Waals surface area contributed by atoms with Crippen LogP contribution in [0.4, 0.5) is 0 Å². The molecule has 0 N–H and O–H groups in total. The smallest absolute Gasteiger partial charge is 0.330 e. The summed E-state index contributed by atoms with van der Waals surface area (Å²) in [6, 6.07) is 0. The van der Waals surface area contributed by atoms with Gasteiger partial charge < -0.3 is 14.2 Å². The van der Waals surface area contributed by atoms with E-state index in [1.165, 1.54) is 13.2 Å². The van der Waals surface area contributed by atoms with Gasteiger partial charge in [-0.2, -0.15) is 0 Å². The summed E-state index contributed by atoms with van der Waals surface area (Å²) in [5, 5.41) is 0. The fourth-order valence-electron chi connectivity index (χ4n) is 2.69. The fraction of sp³-hybridized carbons (Fsp3) is 0.769. The molecule has 1 saturated heterocycles. The summed E-state index contributed by atoms with van der Waals surface area (Å²) in [7, 11) is 1.38. The second-order valence-corrected chi connectivity index (χ2v) is 5.03. The van der Waals surface area contributed by atoms with Gasteiger partial charge in [0.05, 0.1) is 20.3 Å². The van der Waals surface area contributed by atoms with Crippen molar-refractivity contribution in [3.05, 3.63) is 12.2 Å². The first-order valence-corrected chi connectivity index (χ1v) is 6.11. The Morgan fingerprint density at radius 1 is 1.29 bits per heavy atom. The Balaban J connectivity index is 2.19. The zero-order valence-electron chi connectivity index (χ0n) is 10.7. The van der Waals surface area contributed by atoms with Gasteiger partial charge in [-0.05, 0) is 12.8 Å². The molecule has 0 amide bonds. The fourth-order valence-corrected chi connectivity index (χ4v) is 2.69. The lowest BCUT2D eigenvalue weighted by Gasteiger charge is -2.38. The summed E-state index contributed by atoms with van der Waals surface area (Å²) in [6.07, 6.45) is 5.39. The Kier molecular flexibility index (Phi) is 3.27. The summed E-state index contributed by atoms with van der Waals surface area (Å²) in [6.45, 7) is 5.45. The van der Waals surface area contributed by atoms with E-state index >= 15 is 0 Å². The summed E-state index contributed by atoms with van der Waals surface area (Å²) in [5.41, 5.74) is -0.147. The van der Waals surface area contributed by atoms with Gasteiger partial charge in [0.15, 0.2) is 5.79 Å². The van der Waals surface area contributed by atoms with Crippen molar-refractivity contribution >= 4 is 5.97 Å². The van der Waals surface area contributed by atoms with Crippen LogP contribution in [0, 0.1) is 11.3 Å². The predicted molar refractivity (Wildman–Crippen MR) is 62.3 cm³/mol. The van der Waals surface area contributed by atoms with Gasteiger partial charge in [0.1, 0.15) is 0 Å². The highest BCUT2D eigenvalue weighted by Crippen LogP contribution is 2.61. The molecule has 17 heavy (non-hydrogen) atoms. The van der Waals surface area contributed by atoms with Crippen LogP contribution in [0.25, 0.3) is 0 Å². The molecule has 2 fully saturated rings. The van der Waals surface area contributed by atoms with Crippen LogP contribution in [0.15, 0.2) is 12.2 Å². The van der Waals surface area contributed by atoms with Crippen molar-refractivity contribution in [1.29, 1.82) is 0 Å². The van der Waals surface area contributed by atoms with Gasteiger partial charge in [0.2, 0.25) is 0 Å². The van der Waals surface area contributed by atoms with Crippen molar-refractivity contribution in [3.63, 3.8) is 0 Å². The zero-order valence-corrected chi connectivity index (χ0v) is 10.7. The number of carbonyl (C=O) groups excluding carboxylic acids is 1. The molecule has 0 unspecified atom stereocenters. The van der Waals surface area contributed by atoms with E-state index in [0.717, 1.165) is 12.8 Å². The summed E-state index contributed by atoms with van der Waals surface area (Å²) in [5.74, 6) is -0.625. The van der Waals surface area contributed by atoms with Gasteiger partial charge in [0, 0.05) is 17.4 Å². The monoisotopic (exact) mass is 240 g/mol. The molecular formula is C13H20O4. The number of esters is 1. The number of rotatable bonds is 4. The van der Waals surface area contributed by atoms with Crippen molar-refractivity contribution in [3.8, 4) is 0 Å². The SMILES string of the molecule is COC(=O)C=CC1(C2(C(C)C)OCCO2)CC1. The van der Waals surface area contributed by atoms with E-state index in [4.69, 9.17) is 9.47 Å². The number of carbonyl (C=O) groups is 1. The number of methoxy groups -OCH3 is 1. The molecular weight excluding hydrogens is 220 g/mol. The molecule has 2 rings (SSSR count). The van der Waals surface area contributed by atoms with E-state index in [2.05, 4.69) is 18.6 Å². The van der Waals surface area contributed by atoms with Crippen LogP contribution >= 0.6 is 0 Å². The average molecular weight is 240 g/mol. The molecule has 0 atom stereocenters. The van der Waals surface area contributed by atoms with E-state index in [1.54, 1.807) is 0 Å². The van der Waals surface area contributed by atoms with Gasteiger partial charge in [-0.1, -0.05) is 19.9 Å². The van der Waals surface area contributed by atoms with Crippen LogP contribution < -0.4 is 0 Å². The second-order valence-electron chi connectivity index (χ2n) is 5.03. The van der Waals surface area contributed by atoms with Crippen LogP contribution in [0.1, 0.15) is 26.7 Å². The van der Waals surface area contributed by atoms with Gasteiger partial charge in [-0.15, -0.1) is 0 Å². The molecule has 1 heterocycles. The van der Waals surface area contributed by atoms with Crippen LogP contribution in [-0.2, 0) is 19.0 Å². The van der Waals surface area contributed by atoms with Gasteiger partial charge in [-0.3, -0.25) is 0 Å². The maximum absolute atomic E-state index is 11.2. The topological polar surface area (TPSA) is 44.8 Å². The Morgan fingerprint density at radius 3 is 2.29 bits per heavy atom. The Labute approximate surface area is 102 Å². The molecule has 1 aliphatic carbocycles. The maximum Gasteiger partial charge on any atom is 0.330 e. The molecule has 2 aliphatic rings. The second kappa shape index (κ2) is 4.42. The molecule has 4 heteroatoms. The molecule has 0 bridgehead atoms. The van der Waals surface area contributed by atoms with Gasteiger partial charge in [-0.25, -0.2) is 4.79 Å². The minimum atomic E-state index is -0.558. The molecule has 96 valence electrons. The number of hydrogen-bond donors (Lipinski definition) is 0. The van der Waals surface area contributed by atoms with E-state index in [-0.39, 0.29) is 17.3 Å². The lowest BCUT2D eigenvalue weighted by Crippen LogP contribution is -2.45. The highest BCUT2D eigenvalue weighted by atomic mass is 16.7. The van der Waals surface area contributed by atoms with Crippen molar-refractivity contribution in [2.24, 2.45) is 11.3 Å². The normalized spacial score (nSPS) is 25.4. The van der Waals surface area contributed by atoms with Gasteiger partial charge >= 0.3 is 5.97 Å². The van der Waals surface area contributed by atoms with E-state index < -0.39 is 5.79 Å². The van der Waals surface area contributed by atoms with Crippen molar-refractivity contribution in [2.75, 3.05) is 20.3 Å². The van der Waals surface area contributed by atoms with Gasteiger partial charge in [0.25, 0.3) is 0 Å². The molecule has 0 aromatic heterocycles. The molecule has 0 radical (unpaired) electrons. The van der Waals surface area contributed by atoms with Crippen molar-refractivity contribution in [2.45, 2.75) is 32.5 Å². The first-order valence-electron chi connectivity index (χ1n) is 6.11. The van der Waals surface area contributed by atoms with Crippen LogP contribution in [0.3, 0.4) is 0 Å². The van der Waals surface area contributed by atoms with Crippen LogP contribution in [0.5, 0.6) is 0 Å².